The van der Waals surface area contributed by atoms with E-state index in [1.165, 1.54) is 26.0 Å². The maximum atomic E-state index is 15.3. The van der Waals surface area contributed by atoms with Crippen LogP contribution in [0.2, 0.25) is 0 Å². The predicted octanol–water partition coefficient (Wildman–Crippen LogP) is -5.02. The predicted molar refractivity (Wildman–Crippen MR) is 338 cm³/mol. The molecule has 0 spiro atoms. The molecule has 4 fully saturated rings. The quantitative estimate of drug-likeness (QED) is 0.0198. The molecule has 1 saturated carbocycles. The number of nitrogens with one attached hydrogen (secondary N) is 5. The van der Waals surface area contributed by atoms with Crippen LogP contribution in [0.4, 0.5) is 0 Å². The van der Waals surface area contributed by atoms with Crippen LogP contribution in [0.1, 0.15) is 106 Å². The van der Waals surface area contributed by atoms with Gasteiger partial charge in [-0.2, -0.15) is 0 Å². The summed E-state index contributed by atoms with van der Waals surface area (Å²) in [5.74, 6) is -8.33. The van der Waals surface area contributed by atoms with Crippen molar-refractivity contribution in [2.75, 3.05) is 45.9 Å². The van der Waals surface area contributed by atoms with Crippen molar-refractivity contribution in [2.45, 2.75) is 176 Å². The molecule has 3 saturated heterocycles. The molecule has 1 aliphatic carbocycles. The summed E-state index contributed by atoms with van der Waals surface area (Å²) < 4.78 is 0. The van der Waals surface area contributed by atoms with E-state index < -0.39 is 139 Å². The Bertz CT molecular complexity index is 3050. The van der Waals surface area contributed by atoms with Crippen molar-refractivity contribution < 1.29 is 63.3 Å². The van der Waals surface area contributed by atoms with Crippen molar-refractivity contribution in [1.82, 2.24) is 46.2 Å². The molecule has 4 aliphatic heterocycles. The largest absolute Gasteiger partial charge is 0.480 e. The molecule has 9 amide bonds. The van der Waals surface area contributed by atoms with Crippen LogP contribution >= 0.6 is 11.3 Å². The average Bonchev–Trinajstić information content (AvgIpc) is 1.48. The van der Waals surface area contributed by atoms with Crippen molar-refractivity contribution in [3.8, 4) is 0 Å². The fraction of sp³-hybridized carbons (Fsp3) is 0.610. The Morgan fingerprint density at radius 2 is 1.25 bits per heavy atom. The molecule has 5 heterocycles. The number of aliphatic hydroxyl groups is 2. The van der Waals surface area contributed by atoms with E-state index in [1.807, 2.05) is 6.07 Å². The number of aliphatic carboxylic acids is 1. The molecule has 92 heavy (non-hydrogen) atoms. The van der Waals surface area contributed by atoms with Crippen molar-refractivity contribution in [2.24, 2.45) is 61.0 Å². The smallest absolute Gasteiger partial charge is 0.326 e. The lowest BCUT2D eigenvalue weighted by molar-refractivity contribution is -0.153. The number of aliphatic hydroxyl groups excluding tert-OH is 2. The first-order chi connectivity index (χ1) is 43.9. The number of fused-ring (bicyclic) bond motifs is 2. The van der Waals surface area contributed by atoms with E-state index >= 15 is 4.79 Å². The van der Waals surface area contributed by atoms with Gasteiger partial charge in [0, 0.05) is 69.4 Å². The third-order valence-electron chi connectivity index (χ3n) is 17.4. The van der Waals surface area contributed by atoms with Crippen LogP contribution in [-0.2, 0) is 67.3 Å². The summed E-state index contributed by atoms with van der Waals surface area (Å²) in [6.45, 7) is -1.46. The van der Waals surface area contributed by atoms with Gasteiger partial charge in [0.05, 0.1) is 25.3 Å². The minimum atomic E-state index is -1.66. The molecule has 1 aromatic heterocycles. The topological polar surface area (TPSA) is 524 Å². The highest BCUT2D eigenvalue weighted by atomic mass is 32.1. The van der Waals surface area contributed by atoms with Crippen LogP contribution in [0, 0.1) is 5.92 Å². The number of hydrogen-bond acceptors (Lipinski definition) is 17. The number of carboxylic acid groups (broad SMARTS) is 1. The first kappa shape index (κ1) is 70.8. The number of guanidine groups is 3. The summed E-state index contributed by atoms with van der Waals surface area (Å²) in [6, 6.07) is -1.07. The first-order valence-corrected chi connectivity index (χ1v) is 32.1. The number of rotatable bonds is 30. The summed E-state index contributed by atoms with van der Waals surface area (Å²) in [5, 5.41) is 46.8. The van der Waals surface area contributed by atoms with Gasteiger partial charge in [0.1, 0.15) is 48.3 Å². The lowest BCUT2D eigenvalue weighted by Gasteiger charge is -2.42. The third-order valence-corrected chi connectivity index (χ3v) is 18.3. The van der Waals surface area contributed by atoms with Crippen LogP contribution in [0.25, 0.3) is 0 Å². The molecule has 12 atom stereocenters. The molecule has 0 radical (unpaired) electrons. The Balaban J connectivity index is 1.02. The van der Waals surface area contributed by atoms with Crippen LogP contribution in [0.15, 0.2) is 56.8 Å². The highest BCUT2D eigenvalue weighted by molar-refractivity contribution is 7.09. The molecule has 33 heteroatoms. The Hall–Kier alpha value is -8.69. The van der Waals surface area contributed by atoms with Gasteiger partial charge < -0.3 is 102 Å². The lowest BCUT2D eigenvalue weighted by Crippen LogP contribution is -2.63. The number of β-amino-alcohol motifs (C(OH)–C–C–N with tert-alkyl or cyclic N) is 1. The standard InChI is InChI=1S/C59H89N19O13S/c60-37(14-5-19-67-57(61)62)48(82)72-38(15-6-20-68-58(63)64)52(86)75-22-8-18-43(75)54(88)77-30-35(80)26-44(77)50(84)70-28-47(81)71-40(27-36-13-9-23-92-36)49(83)74-41(31-79)53(87)76-29-34-12-2-1-10-32(34)24-46(76)55(89)78-42-17-4-3-11-33(42)25-45(78)51(85)73-39(56(90)91)16-7-21-69-59(65)66/h1-2,9-10,12-13,23,33,35,37-46,79-80H,3-8,11,14-22,24-31,60H2,(H,70,84)(H,71,81)(H,72,82)(H,73,85)(H,74,83)(H,90,91)(H4,61,62,67)(H4,63,64,68)(H4,65,66,69)/t33?,35-,37?,38?,39?,40?,41?,42?,43?,44?,45?,46?/m0/s1. The average molecular weight is 1300 g/mol. The summed E-state index contributed by atoms with van der Waals surface area (Å²) >= 11 is 1.27. The number of benzene rings is 1. The number of carboxylic acids is 1. The second kappa shape index (κ2) is 33.6. The number of carbonyl (C=O) groups excluding carboxylic acids is 9. The Labute approximate surface area is 536 Å². The normalized spacial score (nSPS) is 22.4. The molecule has 7 rings (SSSR count). The molecular formula is C59H89N19O13S. The second-order valence-electron chi connectivity index (χ2n) is 23.9. The fourth-order valence-corrected chi connectivity index (χ4v) is 13.6. The number of aliphatic imine (C=N–C) groups is 3. The van der Waals surface area contributed by atoms with Gasteiger partial charge in [0.25, 0.3) is 0 Å². The summed E-state index contributed by atoms with van der Waals surface area (Å²) in [5.41, 5.74) is 40.3. The van der Waals surface area contributed by atoms with E-state index in [-0.39, 0.29) is 127 Å². The van der Waals surface area contributed by atoms with E-state index in [0.29, 0.717) is 29.7 Å². The van der Waals surface area contributed by atoms with Crippen LogP contribution in [-0.4, -0.2) is 224 Å². The van der Waals surface area contributed by atoms with E-state index in [0.717, 1.165) is 29.7 Å². The number of likely N-dealkylation sites (tertiary alicyclic amines) is 3. The van der Waals surface area contributed by atoms with E-state index in [2.05, 4.69) is 41.6 Å². The van der Waals surface area contributed by atoms with Gasteiger partial charge in [-0.3, -0.25) is 58.1 Å². The van der Waals surface area contributed by atoms with Gasteiger partial charge in [-0.15, -0.1) is 11.3 Å². The van der Waals surface area contributed by atoms with Crippen LogP contribution in [0.3, 0.4) is 0 Å². The maximum absolute atomic E-state index is 15.3. The first-order valence-electron chi connectivity index (χ1n) is 31.2. The van der Waals surface area contributed by atoms with E-state index in [1.54, 1.807) is 35.7 Å². The SMILES string of the molecule is NC(N)=NCCCC(N)C(=O)NC(CCCN=C(N)N)C(=O)N1CCCC1C(=O)N1C[C@@H](O)CC1C(=O)NCC(=O)NC(Cc1cccs1)C(=O)NC(CO)C(=O)N1Cc2ccccc2CC1C(=O)N1C(C(=O)NC(CCCN=C(N)N)C(=O)O)CC2CCCCC21. The molecule has 0 bridgehead atoms. The molecule has 22 N–H and O–H groups in total. The summed E-state index contributed by atoms with van der Waals surface area (Å²) in [7, 11) is 0. The monoisotopic (exact) mass is 1300 g/mol. The van der Waals surface area contributed by atoms with Gasteiger partial charge in [-0.05, 0) is 99.1 Å². The van der Waals surface area contributed by atoms with Crippen LogP contribution < -0.4 is 66.7 Å². The third kappa shape index (κ3) is 19.0. The zero-order chi connectivity index (χ0) is 66.8. The number of thiophene rings is 1. The zero-order valence-electron chi connectivity index (χ0n) is 51.4. The van der Waals surface area contributed by atoms with Gasteiger partial charge in [0.15, 0.2) is 17.9 Å². The molecule has 1 aromatic carbocycles. The minimum Gasteiger partial charge on any atom is -0.480 e. The van der Waals surface area contributed by atoms with Gasteiger partial charge in [0.2, 0.25) is 53.2 Å². The van der Waals surface area contributed by atoms with Gasteiger partial charge >= 0.3 is 5.97 Å². The van der Waals surface area contributed by atoms with Crippen molar-refractivity contribution >= 4 is 88.3 Å². The second-order valence-corrected chi connectivity index (χ2v) is 25.0. The van der Waals surface area contributed by atoms with E-state index in [9.17, 15) is 58.5 Å². The molecule has 5 aliphatic rings. The van der Waals surface area contributed by atoms with Crippen molar-refractivity contribution in [1.29, 1.82) is 0 Å². The number of carbonyl (C=O) groups is 10. The molecular weight excluding hydrogens is 1210 g/mol. The van der Waals surface area contributed by atoms with Crippen LogP contribution in [0.5, 0.6) is 0 Å². The zero-order valence-corrected chi connectivity index (χ0v) is 52.3. The number of amides is 9. The molecule has 11 unspecified atom stereocenters. The van der Waals surface area contributed by atoms with Crippen molar-refractivity contribution in [3.05, 3.63) is 57.8 Å². The number of nitrogens with zero attached hydrogens (tertiary/aromatic N) is 7. The number of hydrogen-bond donors (Lipinski definition) is 15. The lowest BCUT2D eigenvalue weighted by atomic mass is 9.84. The maximum Gasteiger partial charge on any atom is 0.326 e. The molecule has 2 aromatic rings. The Morgan fingerprint density at radius 3 is 1.89 bits per heavy atom. The minimum absolute atomic E-state index is 0.00000960. The highest BCUT2D eigenvalue weighted by Gasteiger charge is 2.52. The summed E-state index contributed by atoms with van der Waals surface area (Å²) in [6.07, 6.45) is 3.42. The summed E-state index contributed by atoms with van der Waals surface area (Å²) in [4.78, 5) is 159. The molecule has 504 valence electrons. The van der Waals surface area contributed by atoms with E-state index in [4.69, 9.17) is 40.1 Å². The number of nitrogens with two attached hydrogens (primary N) is 7. The Kier molecular flexibility index (Phi) is 25.8. The Morgan fingerprint density at radius 1 is 0.620 bits per heavy atom. The van der Waals surface area contributed by atoms with Crippen molar-refractivity contribution in [3.63, 3.8) is 0 Å². The molecule has 32 nitrogen and oxygen atoms in total. The fourth-order valence-electron chi connectivity index (χ4n) is 12.9. The van der Waals surface area contributed by atoms with Gasteiger partial charge in [-0.1, -0.05) is 43.2 Å². The highest BCUT2D eigenvalue weighted by Crippen LogP contribution is 2.41. The van der Waals surface area contributed by atoms with Gasteiger partial charge in [-0.25, -0.2) is 4.79 Å².